The lowest BCUT2D eigenvalue weighted by Crippen LogP contribution is -2.39. The molecule has 0 aromatic carbocycles. The molecule has 0 radical (unpaired) electrons. The number of fused-ring (bicyclic) bond motifs is 1. The van der Waals surface area contributed by atoms with Crippen LogP contribution in [0.5, 0.6) is 0 Å². The molecule has 2 aromatic heterocycles. The molecule has 0 aliphatic carbocycles. The summed E-state index contributed by atoms with van der Waals surface area (Å²) in [6.45, 7) is 8.40. The summed E-state index contributed by atoms with van der Waals surface area (Å²) in [5, 5.41) is 2.07. The molecule has 106 valence electrons. The van der Waals surface area contributed by atoms with E-state index in [1.54, 1.807) is 18.3 Å². The van der Waals surface area contributed by atoms with E-state index in [1.807, 2.05) is 18.0 Å². The number of amides is 1. The number of likely N-dealkylation sites (tertiary alicyclic amines) is 1. The van der Waals surface area contributed by atoms with Gasteiger partial charge in [-0.05, 0) is 33.1 Å². The van der Waals surface area contributed by atoms with Crippen LogP contribution < -0.4 is 0 Å². The first kappa shape index (κ1) is 13.4. The van der Waals surface area contributed by atoms with E-state index in [9.17, 15) is 4.79 Å². The summed E-state index contributed by atoms with van der Waals surface area (Å²) in [4.78, 5) is 20.2. The van der Waals surface area contributed by atoms with Crippen molar-refractivity contribution in [2.75, 3.05) is 6.54 Å². The predicted molar refractivity (Wildman–Crippen MR) is 80.9 cm³/mol. The molecule has 0 bridgehead atoms. The number of thiazole rings is 1. The van der Waals surface area contributed by atoms with Crippen molar-refractivity contribution in [1.29, 1.82) is 0 Å². The summed E-state index contributed by atoms with van der Waals surface area (Å²) in [6, 6.07) is 0.0929. The van der Waals surface area contributed by atoms with Crippen LogP contribution in [0.2, 0.25) is 0 Å². The van der Waals surface area contributed by atoms with Crippen molar-refractivity contribution in [3.8, 4) is 0 Å². The summed E-state index contributed by atoms with van der Waals surface area (Å²) >= 11 is 1.69. The van der Waals surface area contributed by atoms with E-state index in [1.165, 1.54) is 0 Å². The number of nitrogens with zero attached hydrogens (tertiary/aromatic N) is 3. The molecule has 1 saturated heterocycles. The first-order valence-corrected chi connectivity index (χ1v) is 7.86. The lowest BCUT2D eigenvalue weighted by atomic mass is 9.99. The minimum Gasteiger partial charge on any atom is -0.330 e. The number of imidazole rings is 1. The molecule has 0 spiro atoms. The number of carbonyl (C=O) groups excluding carboxylic acids is 1. The summed E-state index contributed by atoms with van der Waals surface area (Å²) in [5.74, 6) is 1.05. The van der Waals surface area contributed by atoms with Crippen molar-refractivity contribution in [3.63, 3.8) is 0 Å². The Morgan fingerprint density at radius 3 is 3.05 bits per heavy atom. The minimum absolute atomic E-state index is 0.0602. The number of hydrogen-bond acceptors (Lipinski definition) is 3. The molecule has 1 fully saturated rings. The zero-order valence-electron chi connectivity index (χ0n) is 11.9. The fourth-order valence-corrected chi connectivity index (χ4v) is 3.84. The maximum Gasteiger partial charge on any atom is 0.249 e. The number of rotatable bonds is 2. The third-order valence-corrected chi connectivity index (χ3v) is 4.79. The molecule has 20 heavy (non-hydrogen) atoms. The Labute approximate surface area is 122 Å². The average molecular weight is 289 g/mol. The first-order chi connectivity index (χ1) is 9.59. The van der Waals surface area contributed by atoms with Gasteiger partial charge >= 0.3 is 0 Å². The SMILES string of the molecule is C=C(C)C(=O)N1CCCCC1c1nc(C)n2ccsc12. The second-order valence-electron chi connectivity index (χ2n) is 5.41. The van der Waals surface area contributed by atoms with Crippen molar-refractivity contribution in [2.45, 2.75) is 39.2 Å². The molecule has 1 aliphatic rings. The van der Waals surface area contributed by atoms with Gasteiger partial charge < -0.3 is 4.90 Å². The Morgan fingerprint density at radius 1 is 1.50 bits per heavy atom. The van der Waals surface area contributed by atoms with Crippen molar-refractivity contribution < 1.29 is 4.79 Å². The minimum atomic E-state index is 0.0602. The molecule has 1 amide bonds. The number of aromatic nitrogens is 2. The molecule has 1 atom stereocenters. The second kappa shape index (κ2) is 5.05. The summed E-state index contributed by atoms with van der Waals surface area (Å²) in [5.41, 5.74) is 1.65. The van der Waals surface area contributed by atoms with Crippen LogP contribution in [0.3, 0.4) is 0 Å². The maximum absolute atomic E-state index is 12.4. The maximum atomic E-state index is 12.4. The van der Waals surface area contributed by atoms with E-state index in [0.29, 0.717) is 5.57 Å². The van der Waals surface area contributed by atoms with Crippen LogP contribution in [0.15, 0.2) is 23.7 Å². The summed E-state index contributed by atoms with van der Waals surface area (Å²) in [6.07, 6.45) is 5.24. The number of carbonyl (C=O) groups is 1. The highest BCUT2D eigenvalue weighted by Crippen LogP contribution is 2.35. The topological polar surface area (TPSA) is 37.6 Å². The standard InChI is InChI=1S/C15H19N3OS/c1-10(2)14(19)18-7-5-4-6-12(18)13-15-17(8-9-20-15)11(3)16-13/h8-9,12H,1,4-7H2,2-3H3. The van der Waals surface area contributed by atoms with Crippen LogP contribution >= 0.6 is 11.3 Å². The molecule has 5 heteroatoms. The lowest BCUT2D eigenvalue weighted by molar-refractivity contribution is -0.130. The first-order valence-electron chi connectivity index (χ1n) is 6.98. The Balaban J connectivity index is 2.03. The van der Waals surface area contributed by atoms with Crippen LogP contribution in [-0.2, 0) is 4.79 Å². The van der Waals surface area contributed by atoms with Gasteiger partial charge in [0.1, 0.15) is 10.7 Å². The number of hydrogen-bond donors (Lipinski definition) is 0. The fraction of sp³-hybridized carbons (Fsp3) is 0.467. The largest absolute Gasteiger partial charge is 0.330 e. The van der Waals surface area contributed by atoms with Gasteiger partial charge in [0.05, 0.1) is 11.7 Å². The van der Waals surface area contributed by atoms with Gasteiger partial charge in [0, 0.05) is 23.7 Å². The quantitative estimate of drug-likeness (QED) is 0.795. The van der Waals surface area contributed by atoms with Crippen molar-refractivity contribution >= 4 is 22.1 Å². The third-order valence-electron chi connectivity index (χ3n) is 3.90. The number of aryl methyl sites for hydroxylation is 1. The lowest BCUT2D eigenvalue weighted by Gasteiger charge is -2.35. The summed E-state index contributed by atoms with van der Waals surface area (Å²) < 4.78 is 2.11. The van der Waals surface area contributed by atoms with E-state index in [4.69, 9.17) is 4.98 Å². The zero-order chi connectivity index (χ0) is 14.3. The van der Waals surface area contributed by atoms with Crippen LogP contribution in [0.1, 0.15) is 43.7 Å². The fourth-order valence-electron chi connectivity index (χ4n) is 2.92. The molecular formula is C15H19N3OS. The van der Waals surface area contributed by atoms with Gasteiger partial charge in [0.2, 0.25) is 5.91 Å². The van der Waals surface area contributed by atoms with Gasteiger partial charge in [-0.3, -0.25) is 9.20 Å². The predicted octanol–water partition coefficient (Wildman–Crippen LogP) is 3.33. The highest BCUT2D eigenvalue weighted by Gasteiger charge is 2.31. The van der Waals surface area contributed by atoms with Crippen molar-refractivity contribution in [2.24, 2.45) is 0 Å². The Bertz CT molecular complexity index is 670. The van der Waals surface area contributed by atoms with Crippen molar-refractivity contribution in [1.82, 2.24) is 14.3 Å². The van der Waals surface area contributed by atoms with E-state index in [2.05, 4.69) is 16.4 Å². The molecule has 3 heterocycles. The molecule has 0 saturated carbocycles. The molecule has 0 N–H and O–H groups in total. The van der Waals surface area contributed by atoms with E-state index in [-0.39, 0.29) is 11.9 Å². The Hall–Kier alpha value is -1.62. The monoisotopic (exact) mass is 289 g/mol. The molecule has 1 aliphatic heterocycles. The van der Waals surface area contributed by atoms with Gasteiger partial charge in [-0.25, -0.2) is 4.98 Å². The zero-order valence-corrected chi connectivity index (χ0v) is 12.7. The normalized spacial score (nSPS) is 19.5. The van der Waals surface area contributed by atoms with Crippen molar-refractivity contribution in [3.05, 3.63) is 35.2 Å². The molecule has 4 nitrogen and oxygen atoms in total. The van der Waals surface area contributed by atoms with E-state index >= 15 is 0 Å². The van der Waals surface area contributed by atoms with Gasteiger partial charge in [0.15, 0.2) is 0 Å². The Morgan fingerprint density at radius 2 is 2.30 bits per heavy atom. The Kier molecular flexibility index (Phi) is 3.38. The van der Waals surface area contributed by atoms with Gasteiger partial charge in [-0.15, -0.1) is 11.3 Å². The van der Waals surface area contributed by atoms with E-state index in [0.717, 1.165) is 42.2 Å². The number of piperidine rings is 1. The van der Waals surface area contributed by atoms with Crippen LogP contribution in [0.25, 0.3) is 4.83 Å². The van der Waals surface area contributed by atoms with Gasteiger partial charge in [-0.1, -0.05) is 6.58 Å². The van der Waals surface area contributed by atoms with Gasteiger partial charge in [0.25, 0.3) is 0 Å². The molecule has 3 rings (SSSR count). The second-order valence-corrected chi connectivity index (χ2v) is 6.31. The van der Waals surface area contributed by atoms with Crippen LogP contribution in [0, 0.1) is 6.92 Å². The molecular weight excluding hydrogens is 270 g/mol. The smallest absolute Gasteiger partial charge is 0.249 e. The highest BCUT2D eigenvalue weighted by atomic mass is 32.1. The molecule has 2 aromatic rings. The van der Waals surface area contributed by atoms with Crippen LogP contribution in [-0.4, -0.2) is 26.7 Å². The average Bonchev–Trinajstić information content (AvgIpc) is 3.02. The van der Waals surface area contributed by atoms with Crippen LogP contribution in [0.4, 0.5) is 0 Å². The summed E-state index contributed by atoms with van der Waals surface area (Å²) in [7, 11) is 0. The molecule has 1 unspecified atom stereocenters. The third kappa shape index (κ3) is 2.06. The highest BCUT2D eigenvalue weighted by molar-refractivity contribution is 7.15. The van der Waals surface area contributed by atoms with E-state index < -0.39 is 0 Å². The van der Waals surface area contributed by atoms with Gasteiger partial charge in [-0.2, -0.15) is 0 Å².